The molecule has 2 aromatic rings. The van der Waals surface area contributed by atoms with E-state index >= 15 is 0 Å². The summed E-state index contributed by atoms with van der Waals surface area (Å²) in [6.45, 7) is 1.91. The minimum Gasteiger partial charge on any atom is -0.399 e. The molecular formula is C14H13BrN2O. The van der Waals surface area contributed by atoms with Crippen molar-refractivity contribution in [2.24, 2.45) is 0 Å². The monoisotopic (exact) mass is 304 g/mol. The molecule has 0 fully saturated rings. The molecule has 0 bridgehead atoms. The summed E-state index contributed by atoms with van der Waals surface area (Å²) < 4.78 is 0.972. The molecule has 0 saturated carbocycles. The van der Waals surface area contributed by atoms with Gasteiger partial charge < -0.3 is 11.1 Å². The summed E-state index contributed by atoms with van der Waals surface area (Å²) >= 11 is 3.35. The highest BCUT2D eigenvalue weighted by atomic mass is 79.9. The van der Waals surface area contributed by atoms with Gasteiger partial charge in [-0.25, -0.2) is 0 Å². The predicted octanol–water partition coefficient (Wildman–Crippen LogP) is 3.59. The number of rotatable bonds is 2. The average Bonchev–Trinajstić information content (AvgIpc) is 2.31. The summed E-state index contributed by atoms with van der Waals surface area (Å²) in [7, 11) is 0. The highest BCUT2D eigenvalue weighted by Crippen LogP contribution is 2.16. The van der Waals surface area contributed by atoms with Crippen molar-refractivity contribution < 1.29 is 4.79 Å². The Hall–Kier alpha value is -1.81. The summed E-state index contributed by atoms with van der Waals surface area (Å²) in [6.07, 6.45) is 0. The molecule has 0 aliphatic heterocycles. The van der Waals surface area contributed by atoms with Gasteiger partial charge in [0.2, 0.25) is 0 Å². The largest absolute Gasteiger partial charge is 0.399 e. The Bertz CT molecular complexity index is 559. The Morgan fingerprint density at radius 1 is 1.17 bits per heavy atom. The lowest BCUT2D eigenvalue weighted by atomic mass is 10.1. The zero-order chi connectivity index (χ0) is 13.1. The van der Waals surface area contributed by atoms with Gasteiger partial charge in [0.05, 0.1) is 0 Å². The number of anilines is 2. The number of nitrogens with two attached hydrogens (primary N) is 1. The minimum absolute atomic E-state index is 0.160. The van der Waals surface area contributed by atoms with Crippen LogP contribution in [0.25, 0.3) is 0 Å². The van der Waals surface area contributed by atoms with Crippen LogP contribution in [0.2, 0.25) is 0 Å². The maximum absolute atomic E-state index is 12.0. The van der Waals surface area contributed by atoms with E-state index < -0.39 is 0 Å². The van der Waals surface area contributed by atoms with Gasteiger partial charge in [-0.05, 0) is 55.0 Å². The molecule has 2 rings (SSSR count). The van der Waals surface area contributed by atoms with Crippen LogP contribution in [0, 0.1) is 6.92 Å². The fraction of sp³-hybridized carbons (Fsp3) is 0.0714. The second-order valence-electron chi connectivity index (χ2n) is 4.09. The molecular weight excluding hydrogens is 292 g/mol. The summed E-state index contributed by atoms with van der Waals surface area (Å²) in [5, 5.41) is 2.82. The van der Waals surface area contributed by atoms with Gasteiger partial charge in [-0.2, -0.15) is 0 Å². The fourth-order valence-electron chi connectivity index (χ4n) is 1.68. The van der Waals surface area contributed by atoms with E-state index in [9.17, 15) is 4.79 Å². The van der Waals surface area contributed by atoms with Gasteiger partial charge >= 0.3 is 0 Å². The lowest BCUT2D eigenvalue weighted by molar-refractivity contribution is 0.102. The molecule has 0 spiro atoms. The van der Waals surface area contributed by atoms with Crippen molar-refractivity contribution in [3.05, 3.63) is 58.1 Å². The standard InChI is InChI=1S/C14H13BrN2O/c1-9-6-10(8-12(16)7-9)14(18)17-13-4-2-11(15)3-5-13/h2-8H,16H2,1H3,(H,17,18). The van der Waals surface area contributed by atoms with Gasteiger partial charge in [0.15, 0.2) is 0 Å². The Labute approximate surface area is 114 Å². The Balaban J connectivity index is 2.19. The number of carbonyl (C=O) groups excluding carboxylic acids is 1. The number of aryl methyl sites for hydroxylation is 1. The van der Waals surface area contributed by atoms with Crippen molar-refractivity contribution in [3.63, 3.8) is 0 Å². The van der Waals surface area contributed by atoms with E-state index in [2.05, 4.69) is 21.2 Å². The van der Waals surface area contributed by atoms with E-state index in [1.165, 1.54) is 0 Å². The molecule has 0 aliphatic rings. The predicted molar refractivity (Wildman–Crippen MR) is 77.7 cm³/mol. The normalized spacial score (nSPS) is 10.1. The number of hydrogen-bond acceptors (Lipinski definition) is 2. The topological polar surface area (TPSA) is 55.1 Å². The number of hydrogen-bond donors (Lipinski definition) is 2. The first-order chi connectivity index (χ1) is 8.54. The van der Waals surface area contributed by atoms with Crippen LogP contribution in [-0.4, -0.2) is 5.91 Å². The van der Waals surface area contributed by atoms with Crippen LogP contribution in [0.5, 0.6) is 0 Å². The molecule has 2 aromatic carbocycles. The number of halogens is 1. The van der Waals surface area contributed by atoms with E-state index in [-0.39, 0.29) is 5.91 Å². The first kappa shape index (κ1) is 12.6. The third-order valence-corrected chi connectivity index (χ3v) is 2.99. The van der Waals surface area contributed by atoms with E-state index in [1.807, 2.05) is 43.3 Å². The molecule has 0 unspecified atom stereocenters. The van der Waals surface area contributed by atoms with Crippen LogP contribution >= 0.6 is 15.9 Å². The second-order valence-corrected chi connectivity index (χ2v) is 5.01. The van der Waals surface area contributed by atoms with Crippen LogP contribution in [0.1, 0.15) is 15.9 Å². The maximum atomic E-state index is 12.0. The van der Waals surface area contributed by atoms with E-state index in [4.69, 9.17) is 5.73 Å². The first-order valence-corrected chi connectivity index (χ1v) is 6.28. The van der Waals surface area contributed by atoms with Crippen LogP contribution in [0.15, 0.2) is 46.9 Å². The Morgan fingerprint density at radius 3 is 2.44 bits per heavy atom. The van der Waals surface area contributed by atoms with Crippen molar-refractivity contribution >= 4 is 33.2 Å². The molecule has 18 heavy (non-hydrogen) atoms. The number of carbonyl (C=O) groups is 1. The molecule has 0 radical (unpaired) electrons. The molecule has 0 heterocycles. The third kappa shape index (κ3) is 3.11. The molecule has 1 amide bonds. The molecule has 92 valence electrons. The first-order valence-electron chi connectivity index (χ1n) is 5.49. The summed E-state index contributed by atoms with van der Waals surface area (Å²) in [6, 6.07) is 12.7. The van der Waals surface area contributed by atoms with E-state index in [0.717, 1.165) is 15.7 Å². The van der Waals surface area contributed by atoms with Crippen molar-refractivity contribution in [1.82, 2.24) is 0 Å². The molecule has 0 saturated heterocycles. The number of benzene rings is 2. The Kier molecular flexibility index (Phi) is 3.67. The molecule has 0 aliphatic carbocycles. The molecule has 3 N–H and O–H groups in total. The lowest BCUT2D eigenvalue weighted by Crippen LogP contribution is -2.12. The van der Waals surface area contributed by atoms with Gasteiger partial charge in [0, 0.05) is 21.4 Å². The minimum atomic E-state index is -0.160. The smallest absolute Gasteiger partial charge is 0.255 e. The molecule has 0 atom stereocenters. The second kappa shape index (κ2) is 5.23. The summed E-state index contributed by atoms with van der Waals surface area (Å²) in [4.78, 5) is 12.0. The zero-order valence-corrected chi connectivity index (χ0v) is 11.5. The third-order valence-electron chi connectivity index (χ3n) is 2.46. The zero-order valence-electron chi connectivity index (χ0n) is 9.91. The fourth-order valence-corrected chi connectivity index (χ4v) is 1.94. The number of nitrogen functional groups attached to an aromatic ring is 1. The van der Waals surface area contributed by atoms with Crippen molar-refractivity contribution in [2.45, 2.75) is 6.92 Å². The number of nitrogens with one attached hydrogen (secondary N) is 1. The molecule has 0 aromatic heterocycles. The van der Waals surface area contributed by atoms with Crippen LogP contribution < -0.4 is 11.1 Å². The van der Waals surface area contributed by atoms with Crippen molar-refractivity contribution in [2.75, 3.05) is 11.1 Å². The van der Waals surface area contributed by atoms with Crippen LogP contribution in [0.4, 0.5) is 11.4 Å². The van der Waals surface area contributed by atoms with E-state index in [1.54, 1.807) is 6.07 Å². The SMILES string of the molecule is Cc1cc(N)cc(C(=O)Nc2ccc(Br)cc2)c1. The quantitative estimate of drug-likeness (QED) is 0.833. The molecule has 3 nitrogen and oxygen atoms in total. The van der Waals surface area contributed by atoms with Crippen LogP contribution in [-0.2, 0) is 0 Å². The van der Waals surface area contributed by atoms with Gasteiger partial charge in [-0.15, -0.1) is 0 Å². The van der Waals surface area contributed by atoms with Gasteiger partial charge in [0.25, 0.3) is 5.91 Å². The lowest BCUT2D eigenvalue weighted by Gasteiger charge is -2.07. The van der Waals surface area contributed by atoms with Gasteiger partial charge in [-0.3, -0.25) is 4.79 Å². The van der Waals surface area contributed by atoms with Gasteiger partial charge in [0.1, 0.15) is 0 Å². The molecule has 4 heteroatoms. The maximum Gasteiger partial charge on any atom is 0.255 e. The van der Waals surface area contributed by atoms with Crippen LogP contribution in [0.3, 0.4) is 0 Å². The highest BCUT2D eigenvalue weighted by molar-refractivity contribution is 9.10. The Morgan fingerprint density at radius 2 is 1.83 bits per heavy atom. The average molecular weight is 305 g/mol. The highest BCUT2D eigenvalue weighted by Gasteiger charge is 2.07. The van der Waals surface area contributed by atoms with Gasteiger partial charge in [-0.1, -0.05) is 15.9 Å². The summed E-state index contributed by atoms with van der Waals surface area (Å²) in [5.74, 6) is -0.160. The van der Waals surface area contributed by atoms with E-state index in [0.29, 0.717) is 11.3 Å². The summed E-state index contributed by atoms with van der Waals surface area (Å²) in [5.41, 5.74) is 8.60. The van der Waals surface area contributed by atoms with Crippen molar-refractivity contribution in [3.8, 4) is 0 Å². The number of amides is 1. The van der Waals surface area contributed by atoms with Crippen molar-refractivity contribution in [1.29, 1.82) is 0 Å².